The third kappa shape index (κ3) is 3.86. The number of rotatable bonds is 5. The lowest BCUT2D eigenvalue weighted by Gasteiger charge is -2.28. The van der Waals surface area contributed by atoms with Crippen LogP contribution in [0.2, 0.25) is 0 Å². The number of nitrogens with zero attached hydrogens (tertiary/aromatic N) is 4. The first-order valence-electron chi connectivity index (χ1n) is 7.37. The molecule has 0 aliphatic carbocycles. The SMILES string of the molecule is CCc1nnc(NCC2CCN(C)CC2)nc1CC. The summed E-state index contributed by atoms with van der Waals surface area (Å²) in [6.07, 6.45) is 4.33. The molecule has 0 atom stereocenters. The number of piperidine rings is 1. The Morgan fingerprint density at radius 1 is 1.11 bits per heavy atom. The smallest absolute Gasteiger partial charge is 0.242 e. The fraction of sp³-hybridized carbons (Fsp3) is 0.786. The summed E-state index contributed by atoms with van der Waals surface area (Å²) in [5.74, 6) is 1.42. The van der Waals surface area contributed by atoms with E-state index in [9.17, 15) is 0 Å². The quantitative estimate of drug-likeness (QED) is 0.877. The molecule has 106 valence electrons. The highest BCUT2D eigenvalue weighted by Gasteiger charge is 2.16. The zero-order valence-corrected chi connectivity index (χ0v) is 12.3. The summed E-state index contributed by atoms with van der Waals surface area (Å²) in [7, 11) is 2.19. The lowest BCUT2D eigenvalue weighted by Crippen LogP contribution is -2.33. The predicted molar refractivity (Wildman–Crippen MR) is 77.3 cm³/mol. The topological polar surface area (TPSA) is 53.9 Å². The number of hydrogen-bond acceptors (Lipinski definition) is 5. The molecule has 0 saturated carbocycles. The second-order valence-electron chi connectivity index (χ2n) is 5.36. The minimum atomic E-state index is 0.688. The van der Waals surface area contributed by atoms with Gasteiger partial charge in [-0.15, -0.1) is 5.10 Å². The van der Waals surface area contributed by atoms with Crippen molar-refractivity contribution >= 4 is 5.95 Å². The Hall–Kier alpha value is -1.23. The maximum absolute atomic E-state index is 4.57. The number of hydrogen-bond donors (Lipinski definition) is 1. The average Bonchev–Trinajstić information content (AvgIpc) is 2.46. The summed E-state index contributed by atoms with van der Waals surface area (Å²) >= 11 is 0. The van der Waals surface area contributed by atoms with Gasteiger partial charge in [-0.25, -0.2) is 4.98 Å². The molecular formula is C14H25N5. The van der Waals surface area contributed by atoms with Crippen molar-refractivity contribution in [2.75, 3.05) is 32.0 Å². The Morgan fingerprint density at radius 3 is 2.42 bits per heavy atom. The third-order valence-corrected chi connectivity index (χ3v) is 3.90. The minimum Gasteiger partial charge on any atom is -0.353 e. The molecule has 2 rings (SSSR count). The van der Waals surface area contributed by atoms with Crippen LogP contribution in [0.25, 0.3) is 0 Å². The van der Waals surface area contributed by atoms with Crippen LogP contribution in [-0.4, -0.2) is 46.8 Å². The maximum Gasteiger partial charge on any atom is 0.242 e. The molecule has 1 aromatic rings. The molecule has 0 aromatic carbocycles. The summed E-state index contributed by atoms with van der Waals surface area (Å²) < 4.78 is 0. The van der Waals surface area contributed by atoms with Crippen LogP contribution in [0.15, 0.2) is 0 Å². The number of likely N-dealkylation sites (tertiary alicyclic amines) is 1. The van der Waals surface area contributed by atoms with E-state index in [2.05, 4.69) is 46.3 Å². The Balaban J connectivity index is 1.89. The normalized spacial score (nSPS) is 17.6. The number of nitrogens with one attached hydrogen (secondary N) is 1. The highest BCUT2D eigenvalue weighted by Crippen LogP contribution is 2.16. The summed E-state index contributed by atoms with van der Waals surface area (Å²) in [5.41, 5.74) is 2.09. The molecule has 1 fully saturated rings. The van der Waals surface area contributed by atoms with Crippen molar-refractivity contribution in [1.82, 2.24) is 20.1 Å². The Kier molecular flexibility index (Phi) is 5.07. The Bertz CT molecular complexity index is 399. The van der Waals surface area contributed by atoms with E-state index in [1.165, 1.54) is 25.9 Å². The molecule has 1 aliphatic rings. The summed E-state index contributed by atoms with van der Waals surface area (Å²) in [5, 5.41) is 11.8. The van der Waals surface area contributed by atoms with Crippen molar-refractivity contribution in [3.63, 3.8) is 0 Å². The van der Waals surface area contributed by atoms with Crippen molar-refractivity contribution in [2.45, 2.75) is 39.5 Å². The van der Waals surface area contributed by atoms with E-state index in [1.807, 2.05) is 0 Å². The van der Waals surface area contributed by atoms with Gasteiger partial charge in [-0.1, -0.05) is 13.8 Å². The van der Waals surface area contributed by atoms with Crippen molar-refractivity contribution in [2.24, 2.45) is 5.92 Å². The van der Waals surface area contributed by atoms with Gasteiger partial charge in [0, 0.05) is 6.54 Å². The van der Waals surface area contributed by atoms with E-state index in [-0.39, 0.29) is 0 Å². The van der Waals surface area contributed by atoms with Gasteiger partial charge in [0.25, 0.3) is 0 Å². The van der Waals surface area contributed by atoms with Gasteiger partial charge in [0.1, 0.15) is 0 Å². The van der Waals surface area contributed by atoms with Crippen LogP contribution in [0.4, 0.5) is 5.95 Å². The van der Waals surface area contributed by atoms with Crippen molar-refractivity contribution in [1.29, 1.82) is 0 Å². The van der Waals surface area contributed by atoms with E-state index in [4.69, 9.17) is 0 Å². The second kappa shape index (κ2) is 6.80. The van der Waals surface area contributed by atoms with E-state index in [0.717, 1.165) is 36.7 Å². The van der Waals surface area contributed by atoms with Gasteiger partial charge in [0.05, 0.1) is 11.4 Å². The van der Waals surface area contributed by atoms with E-state index >= 15 is 0 Å². The molecule has 0 unspecified atom stereocenters. The molecule has 2 heterocycles. The van der Waals surface area contributed by atoms with Gasteiger partial charge in [-0.05, 0) is 51.7 Å². The van der Waals surface area contributed by atoms with E-state index in [0.29, 0.717) is 5.95 Å². The second-order valence-corrected chi connectivity index (χ2v) is 5.36. The molecular weight excluding hydrogens is 238 g/mol. The molecule has 0 spiro atoms. The van der Waals surface area contributed by atoms with Gasteiger partial charge >= 0.3 is 0 Å². The molecule has 1 N–H and O–H groups in total. The molecule has 0 radical (unpaired) electrons. The predicted octanol–water partition coefficient (Wildman–Crippen LogP) is 1.75. The summed E-state index contributed by atoms with van der Waals surface area (Å²) in [6, 6.07) is 0. The number of aromatic nitrogens is 3. The molecule has 5 heteroatoms. The van der Waals surface area contributed by atoms with Crippen LogP contribution >= 0.6 is 0 Å². The van der Waals surface area contributed by atoms with Crippen LogP contribution in [0, 0.1) is 5.92 Å². The third-order valence-electron chi connectivity index (χ3n) is 3.90. The maximum atomic E-state index is 4.57. The first-order chi connectivity index (χ1) is 9.22. The first-order valence-corrected chi connectivity index (χ1v) is 7.37. The van der Waals surface area contributed by atoms with Gasteiger partial charge in [-0.3, -0.25) is 0 Å². The van der Waals surface area contributed by atoms with E-state index in [1.54, 1.807) is 0 Å². The van der Waals surface area contributed by atoms with Crippen molar-refractivity contribution in [3.05, 3.63) is 11.4 Å². The minimum absolute atomic E-state index is 0.688. The monoisotopic (exact) mass is 263 g/mol. The fourth-order valence-corrected chi connectivity index (χ4v) is 2.51. The number of anilines is 1. The van der Waals surface area contributed by atoms with Gasteiger partial charge in [-0.2, -0.15) is 5.10 Å². The van der Waals surface area contributed by atoms with Gasteiger partial charge < -0.3 is 10.2 Å². The molecule has 1 aliphatic heterocycles. The van der Waals surface area contributed by atoms with Gasteiger partial charge in [0.2, 0.25) is 5.95 Å². The lowest BCUT2D eigenvalue weighted by molar-refractivity contribution is 0.226. The molecule has 1 saturated heterocycles. The molecule has 0 amide bonds. The molecule has 0 bridgehead atoms. The molecule has 19 heavy (non-hydrogen) atoms. The van der Waals surface area contributed by atoms with Crippen LogP contribution in [0.3, 0.4) is 0 Å². The van der Waals surface area contributed by atoms with Crippen LogP contribution < -0.4 is 5.32 Å². The highest BCUT2D eigenvalue weighted by molar-refractivity contribution is 5.25. The first kappa shape index (κ1) is 14.2. The zero-order valence-electron chi connectivity index (χ0n) is 12.3. The Morgan fingerprint density at radius 2 is 1.79 bits per heavy atom. The summed E-state index contributed by atoms with van der Waals surface area (Å²) in [4.78, 5) is 6.95. The largest absolute Gasteiger partial charge is 0.353 e. The van der Waals surface area contributed by atoms with E-state index < -0.39 is 0 Å². The van der Waals surface area contributed by atoms with Gasteiger partial charge in [0.15, 0.2) is 0 Å². The van der Waals surface area contributed by atoms with Crippen LogP contribution in [0.1, 0.15) is 38.1 Å². The zero-order chi connectivity index (χ0) is 13.7. The van der Waals surface area contributed by atoms with Crippen LogP contribution in [0.5, 0.6) is 0 Å². The number of aryl methyl sites for hydroxylation is 2. The van der Waals surface area contributed by atoms with Crippen molar-refractivity contribution < 1.29 is 0 Å². The average molecular weight is 263 g/mol. The standard InChI is InChI=1S/C14H25N5/c1-4-12-13(5-2)17-18-14(16-12)15-10-11-6-8-19(3)9-7-11/h11H,4-10H2,1-3H3,(H,15,16,18). The highest BCUT2D eigenvalue weighted by atomic mass is 15.2. The molecule has 5 nitrogen and oxygen atoms in total. The fourth-order valence-electron chi connectivity index (χ4n) is 2.51. The lowest BCUT2D eigenvalue weighted by atomic mass is 9.97. The molecule has 1 aromatic heterocycles. The van der Waals surface area contributed by atoms with Crippen molar-refractivity contribution in [3.8, 4) is 0 Å². The Labute approximate surface area is 115 Å². The van der Waals surface area contributed by atoms with Crippen LogP contribution in [-0.2, 0) is 12.8 Å². The summed E-state index contributed by atoms with van der Waals surface area (Å²) in [6.45, 7) is 7.56.